The Morgan fingerprint density at radius 1 is 1.30 bits per heavy atom. The van der Waals surface area contributed by atoms with E-state index in [0.717, 1.165) is 24.0 Å². The van der Waals surface area contributed by atoms with Gasteiger partial charge in [0.2, 0.25) is 0 Å². The number of benzene rings is 1. The molecule has 0 spiro atoms. The molecular formula is C20H24O3. The molecule has 1 aromatic rings. The van der Waals surface area contributed by atoms with E-state index < -0.39 is 11.9 Å². The molecule has 0 amide bonds. The molecule has 0 heterocycles. The van der Waals surface area contributed by atoms with E-state index in [2.05, 4.69) is 13.8 Å². The second kappa shape index (κ2) is 5.33. The van der Waals surface area contributed by atoms with Gasteiger partial charge in [-0.1, -0.05) is 57.2 Å². The van der Waals surface area contributed by atoms with Crippen molar-refractivity contribution >= 4 is 11.8 Å². The summed E-state index contributed by atoms with van der Waals surface area (Å²) in [6.07, 6.45) is 4.07. The van der Waals surface area contributed by atoms with Crippen molar-refractivity contribution < 1.29 is 14.7 Å². The maximum Gasteiger partial charge on any atom is 0.310 e. The average Bonchev–Trinajstić information content (AvgIpc) is 2.81. The summed E-state index contributed by atoms with van der Waals surface area (Å²) >= 11 is 0. The number of carboxylic acid groups (broad SMARTS) is 1. The van der Waals surface area contributed by atoms with Crippen molar-refractivity contribution in [3.05, 3.63) is 47.5 Å². The van der Waals surface area contributed by atoms with E-state index in [1.165, 1.54) is 0 Å². The lowest BCUT2D eigenvalue weighted by molar-refractivity contribution is -0.140. The van der Waals surface area contributed by atoms with Crippen LogP contribution in [-0.4, -0.2) is 16.9 Å². The minimum atomic E-state index is -0.861. The molecule has 3 atom stereocenters. The molecule has 0 aromatic heterocycles. The van der Waals surface area contributed by atoms with Gasteiger partial charge < -0.3 is 5.11 Å². The van der Waals surface area contributed by atoms with E-state index in [-0.39, 0.29) is 22.5 Å². The molecule has 2 aliphatic carbocycles. The van der Waals surface area contributed by atoms with Crippen LogP contribution < -0.4 is 0 Å². The van der Waals surface area contributed by atoms with Crippen molar-refractivity contribution in [2.45, 2.75) is 40.0 Å². The van der Waals surface area contributed by atoms with Crippen molar-refractivity contribution in [3.8, 4) is 0 Å². The van der Waals surface area contributed by atoms with Crippen molar-refractivity contribution in [2.24, 2.45) is 22.7 Å². The highest BCUT2D eigenvalue weighted by molar-refractivity contribution is 6.05. The van der Waals surface area contributed by atoms with Gasteiger partial charge in [-0.05, 0) is 41.7 Å². The molecule has 2 fully saturated rings. The van der Waals surface area contributed by atoms with Gasteiger partial charge in [0, 0.05) is 5.41 Å². The third-order valence-corrected chi connectivity index (χ3v) is 6.36. The first kappa shape index (κ1) is 16.0. The second-order valence-corrected chi connectivity index (χ2v) is 7.73. The molecule has 3 heteroatoms. The van der Waals surface area contributed by atoms with Crippen LogP contribution in [0.2, 0.25) is 0 Å². The van der Waals surface area contributed by atoms with E-state index in [4.69, 9.17) is 0 Å². The Morgan fingerprint density at radius 2 is 1.96 bits per heavy atom. The molecule has 1 N–H and O–H groups in total. The van der Waals surface area contributed by atoms with Crippen molar-refractivity contribution in [3.63, 3.8) is 0 Å². The van der Waals surface area contributed by atoms with Crippen molar-refractivity contribution in [1.82, 2.24) is 0 Å². The fraction of sp³-hybridized carbons (Fsp3) is 0.500. The van der Waals surface area contributed by atoms with Gasteiger partial charge in [0.15, 0.2) is 5.78 Å². The van der Waals surface area contributed by atoms with Crippen LogP contribution in [0.15, 0.2) is 42.0 Å². The van der Waals surface area contributed by atoms with Crippen LogP contribution in [0, 0.1) is 22.7 Å². The molecule has 0 aliphatic heterocycles. The van der Waals surface area contributed by atoms with E-state index in [1.54, 1.807) is 6.08 Å². The van der Waals surface area contributed by atoms with E-state index in [9.17, 15) is 14.7 Å². The first-order valence-corrected chi connectivity index (χ1v) is 8.30. The zero-order valence-electron chi connectivity index (χ0n) is 14.0. The smallest absolute Gasteiger partial charge is 0.310 e. The maximum atomic E-state index is 12.9. The monoisotopic (exact) mass is 312 g/mol. The van der Waals surface area contributed by atoms with Gasteiger partial charge in [-0.3, -0.25) is 9.59 Å². The number of fused-ring (bicyclic) bond motifs is 2. The van der Waals surface area contributed by atoms with Crippen LogP contribution in [0.1, 0.15) is 39.2 Å². The molecule has 0 unspecified atom stereocenters. The Balaban J connectivity index is 1.93. The molecule has 0 saturated heterocycles. The number of hydrogen-bond donors (Lipinski definition) is 1. The fourth-order valence-electron chi connectivity index (χ4n) is 4.42. The number of ketones is 1. The van der Waals surface area contributed by atoms with Crippen molar-refractivity contribution in [1.29, 1.82) is 0 Å². The van der Waals surface area contributed by atoms with E-state index in [0.29, 0.717) is 6.42 Å². The zero-order chi connectivity index (χ0) is 16.8. The third-order valence-electron chi connectivity index (χ3n) is 6.36. The van der Waals surface area contributed by atoms with E-state index >= 15 is 0 Å². The lowest BCUT2D eigenvalue weighted by Gasteiger charge is -2.31. The quantitative estimate of drug-likeness (QED) is 0.858. The number of aliphatic carboxylic acids is 1. The van der Waals surface area contributed by atoms with Crippen LogP contribution in [0.4, 0.5) is 0 Å². The van der Waals surface area contributed by atoms with E-state index in [1.807, 2.05) is 37.3 Å². The molecule has 2 saturated carbocycles. The standard InChI is InChI=1S/C20H24O3/c1-19(2)16-9-10-20(19,3)17(21)15(16)12-14(18(22)23)11-13-7-5-4-6-8-13/h4-8,12,14,16H,9-11H2,1-3H3,(H,22,23)/b15-12-/t14-,16+,20-/m1/s1. The minimum absolute atomic E-state index is 0.0777. The SMILES string of the molecule is CC1(C)[C@H]2CC[C@]1(C)C(=O)/C2=C\[C@@H](Cc1ccccc1)C(=O)O. The van der Waals surface area contributed by atoms with Gasteiger partial charge >= 0.3 is 5.97 Å². The highest BCUT2D eigenvalue weighted by atomic mass is 16.4. The molecular weight excluding hydrogens is 288 g/mol. The topological polar surface area (TPSA) is 54.4 Å². The number of carbonyl (C=O) groups excluding carboxylic acids is 1. The second-order valence-electron chi connectivity index (χ2n) is 7.73. The predicted molar refractivity (Wildman–Crippen MR) is 89.0 cm³/mol. The normalized spacial score (nSPS) is 31.5. The fourth-order valence-corrected chi connectivity index (χ4v) is 4.42. The molecule has 122 valence electrons. The van der Waals surface area contributed by atoms with Gasteiger partial charge in [0.05, 0.1) is 5.92 Å². The van der Waals surface area contributed by atoms with Crippen LogP contribution in [0.5, 0.6) is 0 Å². The minimum Gasteiger partial charge on any atom is -0.481 e. The Kier molecular flexibility index (Phi) is 3.70. The number of carboxylic acids is 1. The lowest BCUT2D eigenvalue weighted by Crippen LogP contribution is -2.32. The Labute approximate surface area is 137 Å². The summed E-state index contributed by atoms with van der Waals surface area (Å²) in [5, 5.41) is 9.59. The summed E-state index contributed by atoms with van der Waals surface area (Å²) in [5.41, 5.74) is 1.33. The van der Waals surface area contributed by atoms with Crippen LogP contribution in [0.25, 0.3) is 0 Å². The number of carbonyl (C=O) groups is 2. The first-order valence-electron chi connectivity index (χ1n) is 8.30. The van der Waals surface area contributed by atoms with Gasteiger partial charge in [0.25, 0.3) is 0 Å². The largest absolute Gasteiger partial charge is 0.481 e. The van der Waals surface area contributed by atoms with Crippen molar-refractivity contribution in [2.75, 3.05) is 0 Å². The molecule has 1 aromatic carbocycles. The van der Waals surface area contributed by atoms with Gasteiger partial charge in [-0.2, -0.15) is 0 Å². The predicted octanol–water partition coefficient (Wildman–Crippen LogP) is 3.88. The molecule has 3 rings (SSSR count). The molecule has 2 bridgehead atoms. The average molecular weight is 312 g/mol. The van der Waals surface area contributed by atoms with Gasteiger partial charge in [-0.25, -0.2) is 0 Å². The summed E-state index contributed by atoms with van der Waals surface area (Å²) in [4.78, 5) is 24.5. The lowest BCUT2D eigenvalue weighted by atomic mass is 9.70. The highest BCUT2D eigenvalue weighted by Gasteiger charge is 2.63. The van der Waals surface area contributed by atoms with Gasteiger partial charge in [0.1, 0.15) is 0 Å². The molecule has 3 nitrogen and oxygen atoms in total. The highest BCUT2D eigenvalue weighted by Crippen LogP contribution is 2.65. The number of hydrogen-bond acceptors (Lipinski definition) is 2. The van der Waals surface area contributed by atoms with Crippen LogP contribution in [-0.2, 0) is 16.0 Å². The third kappa shape index (κ3) is 2.34. The Hall–Kier alpha value is -1.90. The molecule has 23 heavy (non-hydrogen) atoms. The van der Waals surface area contributed by atoms with Crippen LogP contribution in [0.3, 0.4) is 0 Å². The zero-order valence-corrected chi connectivity index (χ0v) is 14.0. The summed E-state index contributed by atoms with van der Waals surface area (Å²) in [5.74, 6) is -1.15. The number of rotatable bonds is 4. The summed E-state index contributed by atoms with van der Waals surface area (Å²) in [7, 11) is 0. The first-order chi connectivity index (χ1) is 10.8. The Morgan fingerprint density at radius 3 is 2.48 bits per heavy atom. The molecule has 2 aliphatic rings. The molecule has 0 radical (unpaired) electrons. The maximum absolute atomic E-state index is 12.9. The number of allylic oxidation sites excluding steroid dienone is 1. The summed E-state index contributed by atoms with van der Waals surface area (Å²) in [6, 6.07) is 9.60. The van der Waals surface area contributed by atoms with Crippen LogP contribution >= 0.6 is 0 Å². The number of Topliss-reactive ketones (excluding diaryl/α,β-unsaturated/α-hetero) is 1. The van der Waals surface area contributed by atoms with Gasteiger partial charge in [-0.15, -0.1) is 0 Å². The summed E-state index contributed by atoms with van der Waals surface area (Å²) < 4.78 is 0. The Bertz CT molecular complexity index is 671. The summed E-state index contributed by atoms with van der Waals surface area (Å²) in [6.45, 7) is 6.34.